The van der Waals surface area contributed by atoms with E-state index < -0.39 is 6.10 Å². The minimum atomic E-state index is -0.514. The molecule has 17 heavy (non-hydrogen) atoms. The van der Waals surface area contributed by atoms with Crippen molar-refractivity contribution in [2.45, 2.75) is 12.5 Å². The van der Waals surface area contributed by atoms with E-state index in [9.17, 15) is 5.11 Å². The molecule has 0 saturated heterocycles. The van der Waals surface area contributed by atoms with Crippen molar-refractivity contribution in [2.75, 3.05) is 7.11 Å². The lowest BCUT2D eigenvalue weighted by atomic mass is 10.1. The second kappa shape index (κ2) is 5.54. The van der Waals surface area contributed by atoms with Gasteiger partial charge in [0.2, 0.25) is 0 Å². The summed E-state index contributed by atoms with van der Waals surface area (Å²) in [4.78, 5) is 0.887. The highest BCUT2D eigenvalue weighted by atomic mass is 35.5. The lowest BCUT2D eigenvalue weighted by Crippen LogP contribution is -1.99. The van der Waals surface area contributed by atoms with Crippen molar-refractivity contribution in [1.29, 1.82) is 0 Å². The third-order valence-electron chi connectivity index (χ3n) is 2.48. The summed E-state index contributed by atoms with van der Waals surface area (Å²) in [5.41, 5.74) is 1.04. The maximum Gasteiger partial charge on any atom is 0.119 e. The zero-order chi connectivity index (χ0) is 12.3. The summed E-state index contributed by atoms with van der Waals surface area (Å²) in [5, 5.41) is 12.6. The molecule has 1 atom stereocenters. The Bertz CT molecular complexity index is 496. The van der Waals surface area contributed by atoms with Gasteiger partial charge in [-0.2, -0.15) is 0 Å². The van der Waals surface area contributed by atoms with Gasteiger partial charge in [0.05, 0.1) is 18.2 Å². The fourth-order valence-electron chi connectivity index (χ4n) is 1.63. The van der Waals surface area contributed by atoms with Gasteiger partial charge < -0.3 is 9.84 Å². The highest BCUT2D eigenvalue weighted by molar-refractivity contribution is 7.10. The van der Waals surface area contributed by atoms with Gasteiger partial charge in [-0.1, -0.05) is 23.7 Å². The first-order valence-corrected chi connectivity index (χ1v) is 6.49. The van der Waals surface area contributed by atoms with Crippen LogP contribution in [-0.4, -0.2) is 12.2 Å². The summed E-state index contributed by atoms with van der Waals surface area (Å²) in [6.07, 6.45) is 0.0493. The van der Waals surface area contributed by atoms with E-state index in [-0.39, 0.29) is 0 Å². The molecule has 4 heteroatoms. The van der Waals surface area contributed by atoms with Crippen LogP contribution in [0.2, 0.25) is 5.02 Å². The highest BCUT2D eigenvalue weighted by Crippen LogP contribution is 2.28. The molecule has 0 bridgehead atoms. The van der Waals surface area contributed by atoms with Gasteiger partial charge in [0.15, 0.2) is 0 Å². The van der Waals surface area contributed by atoms with E-state index in [2.05, 4.69) is 0 Å². The molecule has 1 unspecified atom stereocenters. The molecule has 0 amide bonds. The van der Waals surface area contributed by atoms with Crippen molar-refractivity contribution >= 4 is 22.9 Å². The van der Waals surface area contributed by atoms with Gasteiger partial charge in [0.25, 0.3) is 0 Å². The van der Waals surface area contributed by atoms with Gasteiger partial charge in [-0.3, -0.25) is 0 Å². The van der Waals surface area contributed by atoms with Crippen LogP contribution >= 0.6 is 22.9 Å². The van der Waals surface area contributed by atoms with E-state index in [0.29, 0.717) is 11.4 Å². The Hall–Kier alpha value is -1.03. The first-order valence-electron chi connectivity index (χ1n) is 5.24. The predicted octanol–water partition coefficient (Wildman–Crippen LogP) is 3.69. The molecule has 2 rings (SSSR count). The van der Waals surface area contributed by atoms with Gasteiger partial charge >= 0.3 is 0 Å². The maximum absolute atomic E-state index is 10.1. The molecule has 0 aliphatic heterocycles. The summed E-state index contributed by atoms with van der Waals surface area (Å²) in [7, 11) is 1.63. The summed E-state index contributed by atoms with van der Waals surface area (Å²) in [5.74, 6) is 0.805. The van der Waals surface area contributed by atoms with E-state index in [1.165, 1.54) is 11.3 Å². The van der Waals surface area contributed by atoms with E-state index in [0.717, 1.165) is 16.2 Å². The Morgan fingerprint density at radius 2 is 2.24 bits per heavy atom. The first kappa shape index (κ1) is 12.4. The molecule has 0 fully saturated rings. The molecule has 1 aromatic carbocycles. The van der Waals surface area contributed by atoms with Crippen LogP contribution in [-0.2, 0) is 6.42 Å². The van der Waals surface area contributed by atoms with Gasteiger partial charge in [-0.15, -0.1) is 11.3 Å². The number of methoxy groups -OCH3 is 1. The average Bonchev–Trinajstić information content (AvgIpc) is 2.76. The molecule has 1 N–H and O–H groups in total. The first-order chi connectivity index (χ1) is 8.19. The molecule has 0 radical (unpaired) electrons. The number of ether oxygens (including phenoxy) is 1. The molecule has 0 saturated carbocycles. The van der Waals surface area contributed by atoms with Crippen molar-refractivity contribution in [3.63, 3.8) is 0 Å². The Labute approximate surface area is 109 Å². The van der Waals surface area contributed by atoms with Crippen LogP contribution in [0.25, 0.3) is 0 Å². The zero-order valence-electron chi connectivity index (χ0n) is 9.39. The largest absolute Gasteiger partial charge is 0.497 e. The molecule has 0 spiro atoms. The molecule has 1 heterocycles. The predicted molar refractivity (Wildman–Crippen MR) is 71.0 cm³/mol. The lowest BCUT2D eigenvalue weighted by molar-refractivity contribution is 0.182. The van der Waals surface area contributed by atoms with Crippen LogP contribution in [0.4, 0.5) is 0 Å². The van der Waals surface area contributed by atoms with Crippen LogP contribution < -0.4 is 4.74 Å². The van der Waals surface area contributed by atoms with Crippen LogP contribution in [0.1, 0.15) is 16.5 Å². The second-order valence-electron chi connectivity index (χ2n) is 3.74. The molecule has 90 valence electrons. The van der Waals surface area contributed by atoms with Crippen molar-refractivity contribution in [3.8, 4) is 5.75 Å². The number of hydrogen-bond donors (Lipinski definition) is 1. The number of benzene rings is 1. The summed E-state index contributed by atoms with van der Waals surface area (Å²) >= 11 is 7.31. The Morgan fingerprint density at radius 3 is 2.88 bits per heavy atom. The normalized spacial score (nSPS) is 12.4. The minimum Gasteiger partial charge on any atom is -0.497 e. The zero-order valence-corrected chi connectivity index (χ0v) is 11.0. The van der Waals surface area contributed by atoms with Crippen LogP contribution in [0.3, 0.4) is 0 Å². The number of rotatable bonds is 4. The fourth-order valence-corrected chi connectivity index (χ4v) is 2.69. The standard InChI is InChI=1S/C13H13ClO2S/c1-16-11-4-2-3-9(5-11)6-12(15)13-7-10(14)8-17-13/h2-5,7-8,12,15H,6H2,1H3. The number of aliphatic hydroxyl groups excluding tert-OH is 1. The summed E-state index contributed by atoms with van der Waals surface area (Å²) < 4.78 is 5.15. The van der Waals surface area contributed by atoms with E-state index in [1.807, 2.05) is 29.6 Å². The number of aliphatic hydroxyl groups is 1. The number of thiophene rings is 1. The second-order valence-corrected chi connectivity index (χ2v) is 5.12. The number of hydrogen-bond acceptors (Lipinski definition) is 3. The molecule has 2 nitrogen and oxygen atoms in total. The third-order valence-corrected chi connectivity index (χ3v) is 3.86. The van der Waals surface area contributed by atoms with Crippen molar-refractivity contribution in [3.05, 3.63) is 51.2 Å². The molecular weight excluding hydrogens is 256 g/mol. The van der Waals surface area contributed by atoms with Crippen molar-refractivity contribution < 1.29 is 9.84 Å². The summed E-state index contributed by atoms with van der Waals surface area (Å²) in [6, 6.07) is 9.51. The van der Waals surface area contributed by atoms with Crippen LogP contribution in [0, 0.1) is 0 Å². The fraction of sp³-hybridized carbons (Fsp3) is 0.231. The topological polar surface area (TPSA) is 29.5 Å². The number of halogens is 1. The lowest BCUT2D eigenvalue weighted by Gasteiger charge is -2.09. The molecule has 2 aromatic rings. The molecule has 0 aliphatic rings. The highest BCUT2D eigenvalue weighted by Gasteiger charge is 2.11. The Morgan fingerprint density at radius 1 is 1.41 bits per heavy atom. The monoisotopic (exact) mass is 268 g/mol. The van der Waals surface area contributed by atoms with Crippen molar-refractivity contribution in [2.24, 2.45) is 0 Å². The van der Waals surface area contributed by atoms with E-state index in [4.69, 9.17) is 16.3 Å². The molecule has 0 aliphatic carbocycles. The quantitative estimate of drug-likeness (QED) is 0.916. The van der Waals surface area contributed by atoms with E-state index >= 15 is 0 Å². The average molecular weight is 269 g/mol. The Balaban J connectivity index is 2.09. The van der Waals surface area contributed by atoms with Crippen LogP contribution in [0.15, 0.2) is 35.7 Å². The van der Waals surface area contributed by atoms with Gasteiger partial charge in [-0.25, -0.2) is 0 Å². The van der Waals surface area contributed by atoms with Gasteiger partial charge in [0, 0.05) is 16.7 Å². The molecule has 1 aromatic heterocycles. The van der Waals surface area contributed by atoms with Crippen molar-refractivity contribution in [1.82, 2.24) is 0 Å². The van der Waals surface area contributed by atoms with Gasteiger partial charge in [-0.05, 0) is 23.8 Å². The molecular formula is C13H13ClO2S. The Kier molecular flexibility index (Phi) is 4.05. The SMILES string of the molecule is COc1cccc(CC(O)c2cc(Cl)cs2)c1. The third kappa shape index (κ3) is 3.22. The summed E-state index contributed by atoms with van der Waals surface area (Å²) in [6.45, 7) is 0. The minimum absolute atomic E-state index is 0.514. The van der Waals surface area contributed by atoms with E-state index in [1.54, 1.807) is 13.2 Å². The smallest absolute Gasteiger partial charge is 0.119 e. The van der Waals surface area contributed by atoms with Gasteiger partial charge in [0.1, 0.15) is 5.75 Å². The van der Waals surface area contributed by atoms with Crippen LogP contribution in [0.5, 0.6) is 5.75 Å². The maximum atomic E-state index is 10.1.